The standard InChI is InChI=1S/C14H19NO3/c1-11-3-2-4-13(9-11)18-8-7-15-6-5-12(10-15)14(16)17/h2-4,9,12H,5-8,10H2,1H3,(H,16,17). The summed E-state index contributed by atoms with van der Waals surface area (Å²) in [6.07, 6.45) is 0.750. The van der Waals surface area contributed by atoms with Crippen molar-refractivity contribution in [2.24, 2.45) is 5.92 Å². The van der Waals surface area contributed by atoms with Crippen LogP contribution in [0.2, 0.25) is 0 Å². The minimum absolute atomic E-state index is 0.205. The second kappa shape index (κ2) is 5.87. The summed E-state index contributed by atoms with van der Waals surface area (Å²) < 4.78 is 5.66. The molecule has 0 radical (unpaired) electrons. The molecule has 0 saturated carbocycles. The predicted octanol–water partition coefficient (Wildman–Crippen LogP) is 1.78. The Morgan fingerprint density at radius 3 is 3.06 bits per heavy atom. The van der Waals surface area contributed by atoms with Crippen molar-refractivity contribution < 1.29 is 14.6 Å². The van der Waals surface area contributed by atoms with Gasteiger partial charge in [0.05, 0.1) is 5.92 Å². The molecular weight excluding hydrogens is 230 g/mol. The molecule has 1 aromatic rings. The first-order chi connectivity index (χ1) is 8.65. The van der Waals surface area contributed by atoms with Crippen LogP contribution < -0.4 is 4.74 Å². The molecule has 1 aliphatic heterocycles. The topological polar surface area (TPSA) is 49.8 Å². The number of carboxylic acid groups (broad SMARTS) is 1. The molecule has 2 rings (SSSR count). The lowest BCUT2D eigenvalue weighted by Gasteiger charge is -2.15. The Morgan fingerprint density at radius 1 is 1.56 bits per heavy atom. The number of nitrogens with zero attached hydrogens (tertiary/aromatic N) is 1. The molecule has 0 aromatic heterocycles. The summed E-state index contributed by atoms with van der Waals surface area (Å²) in [7, 11) is 0. The van der Waals surface area contributed by atoms with Crippen LogP contribution >= 0.6 is 0 Å². The van der Waals surface area contributed by atoms with Crippen LogP contribution in [-0.4, -0.2) is 42.2 Å². The fraction of sp³-hybridized carbons (Fsp3) is 0.500. The molecule has 0 bridgehead atoms. The maximum Gasteiger partial charge on any atom is 0.307 e. The molecule has 1 aliphatic rings. The fourth-order valence-electron chi connectivity index (χ4n) is 2.24. The molecule has 1 aromatic carbocycles. The average Bonchev–Trinajstić information content (AvgIpc) is 2.78. The maximum absolute atomic E-state index is 10.8. The Morgan fingerprint density at radius 2 is 2.39 bits per heavy atom. The highest BCUT2D eigenvalue weighted by molar-refractivity contribution is 5.70. The summed E-state index contributed by atoms with van der Waals surface area (Å²) in [5.74, 6) is -0.00921. The number of carbonyl (C=O) groups is 1. The zero-order valence-electron chi connectivity index (χ0n) is 10.6. The average molecular weight is 249 g/mol. The second-order valence-electron chi connectivity index (χ2n) is 4.79. The Kier molecular flexibility index (Phi) is 4.20. The van der Waals surface area contributed by atoms with E-state index in [1.807, 2.05) is 31.2 Å². The summed E-state index contributed by atoms with van der Waals surface area (Å²) in [5.41, 5.74) is 1.18. The molecular formula is C14H19NO3. The van der Waals surface area contributed by atoms with Crippen LogP contribution in [0.3, 0.4) is 0 Å². The van der Waals surface area contributed by atoms with E-state index in [0.717, 1.165) is 25.3 Å². The third-order valence-electron chi connectivity index (χ3n) is 3.29. The van der Waals surface area contributed by atoms with Crippen LogP contribution in [-0.2, 0) is 4.79 Å². The smallest absolute Gasteiger partial charge is 0.307 e. The monoisotopic (exact) mass is 249 g/mol. The second-order valence-corrected chi connectivity index (χ2v) is 4.79. The number of aliphatic carboxylic acids is 1. The van der Waals surface area contributed by atoms with Gasteiger partial charge in [0.1, 0.15) is 12.4 Å². The third-order valence-corrected chi connectivity index (χ3v) is 3.29. The molecule has 1 fully saturated rings. The minimum Gasteiger partial charge on any atom is -0.492 e. The molecule has 1 heterocycles. The van der Waals surface area contributed by atoms with E-state index in [-0.39, 0.29) is 5.92 Å². The van der Waals surface area contributed by atoms with Gasteiger partial charge in [0.2, 0.25) is 0 Å². The number of rotatable bonds is 5. The van der Waals surface area contributed by atoms with E-state index < -0.39 is 5.97 Å². The van der Waals surface area contributed by atoms with Crippen molar-refractivity contribution in [2.75, 3.05) is 26.2 Å². The largest absolute Gasteiger partial charge is 0.492 e. The number of hydrogen-bond donors (Lipinski definition) is 1. The normalized spacial score (nSPS) is 19.9. The van der Waals surface area contributed by atoms with Gasteiger partial charge in [-0.25, -0.2) is 0 Å². The van der Waals surface area contributed by atoms with Crippen molar-refractivity contribution >= 4 is 5.97 Å². The van der Waals surface area contributed by atoms with E-state index in [2.05, 4.69) is 4.90 Å². The lowest BCUT2D eigenvalue weighted by Crippen LogP contribution is -2.27. The fourth-order valence-corrected chi connectivity index (χ4v) is 2.24. The summed E-state index contributed by atoms with van der Waals surface area (Å²) in [5, 5.41) is 8.91. The van der Waals surface area contributed by atoms with E-state index in [0.29, 0.717) is 13.2 Å². The first kappa shape index (κ1) is 12.9. The molecule has 98 valence electrons. The molecule has 1 N–H and O–H groups in total. The van der Waals surface area contributed by atoms with Gasteiger partial charge < -0.3 is 9.84 Å². The third kappa shape index (κ3) is 3.47. The van der Waals surface area contributed by atoms with Crippen molar-refractivity contribution in [2.45, 2.75) is 13.3 Å². The highest BCUT2D eigenvalue weighted by Crippen LogP contribution is 2.16. The number of hydrogen-bond acceptors (Lipinski definition) is 3. The van der Waals surface area contributed by atoms with E-state index >= 15 is 0 Å². The van der Waals surface area contributed by atoms with Gasteiger partial charge in [-0.2, -0.15) is 0 Å². The van der Waals surface area contributed by atoms with Gasteiger partial charge in [0.25, 0.3) is 0 Å². The van der Waals surface area contributed by atoms with Gasteiger partial charge in [-0.1, -0.05) is 12.1 Å². The Balaban J connectivity index is 1.72. The number of benzene rings is 1. The van der Waals surface area contributed by atoms with Crippen molar-refractivity contribution in [3.05, 3.63) is 29.8 Å². The predicted molar refractivity (Wildman–Crippen MR) is 68.9 cm³/mol. The highest BCUT2D eigenvalue weighted by atomic mass is 16.5. The van der Waals surface area contributed by atoms with Crippen LogP contribution in [0.25, 0.3) is 0 Å². The van der Waals surface area contributed by atoms with Crippen molar-refractivity contribution in [1.29, 1.82) is 0 Å². The zero-order valence-corrected chi connectivity index (χ0v) is 10.6. The van der Waals surface area contributed by atoms with Gasteiger partial charge in [-0.15, -0.1) is 0 Å². The Labute approximate surface area is 107 Å². The molecule has 1 atom stereocenters. The molecule has 0 spiro atoms. The molecule has 1 unspecified atom stereocenters. The van der Waals surface area contributed by atoms with Crippen molar-refractivity contribution in [3.8, 4) is 5.75 Å². The van der Waals surface area contributed by atoms with E-state index in [1.165, 1.54) is 5.56 Å². The molecule has 18 heavy (non-hydrogen) atoms. The summed E-state index contributed by atoms with van der Waals surface area (Å²) in [6.45, 7) is 4.93. The number of ether oxygens (including phenoxy) is 1. The van der Waals surface area contributed by atoms with Crippen LogP contribution in [0.5, 0.6) is 5.75 Å². The van der Waals surface area contributed by atoms with Gasteiger partial charge in [0.15, 0.2) is 0 Å². The zero-order chi connectivity index (χ0) is 13.0. The summed E-state index contributed by atoms with van der Waals surface area (Å²) >= 11 is 0. The summed E-state index contributed by atoms with van der Waals surface area (Å²) in [4.78, 5) is 13.0. The molecule has 0 aliphatic carbocycles. The van der Waals surface area contributed by atoms with Crippen LogP contribution in [0.15, 0.2) is 24.3 Å². The van der Waals surface area contributed by atoms with Crippen LogP contribution in [0.1, 0.15) is 12.0 Å². The lowest BCUT2D eigenvalue weighted by molar-refractivity contribution is -0.141. The first-order valence-electron chi connectivity index (χ1n) is 6.30. The number of aryl methyl sites for hydroxylation is 1. The van der Waals surface area contributed by atoms with Crippen molar-refractivity contribution in [1.82, 2.24) is 4.90 Å². The lowest BCUT2D eigenvalue weighted by atomic mass is 10.1. The maximum atomic E-state index is 10.8. The van der Waals surface area contributed by atoms with Gasteiger partial charge in [-0.05, 0) is 37.6 Å². The molecule has 4 nitrogen and oxygen atoms in total. The van der Waals surface area contributed by atoms with Crippen LogP contribution in [0, 0.1) is 12.8 Å². The van der Waals surface area contributed by atoms with E-state index in [4.69, 9.17) is 9.84 Å². The molecule has 0 amide bonds. The first-order valence-corrected chi connectivity index (χ1v) is 6.30. The van der Waals surface area contributed by atoms with Crippen LogP contribution in [0.4, 0.5) is 0 Å². The number of likely N-dealkylation sites (tertiary alicyclic amines) is 1. The summed E-state index contributed by atoms with van der Waals surface area (Å²) in [6, 6.07) is 7.95. The quantitative estimate of drug-likeness (QED) is 0.864. The SMILES string of the molecule is Cc1cccc(OCCN2CCC(C(=O)O)C2)c1. The number of carboxylic acids is 1. The van der Waals surface area contributed by atoms with E-state index in [9.17, 15) is 4.79 Å². The Hall–Kier alpha value is -1.55. The van der Waals surface area contributed by atoms with Crippen molar-refractivity contribution in [3.63, 3.8) is 0 Å². The highest BCUT2D eigenvalue weighted by Gasteiger charge is 2.27. The minimum atomic E-state index is -0.683. The molecule has 4 heteroatoms. The van der Waals surface area contributed by atoms with Gasteiger partial charge in [0, 0.05) is 13.1 Å². The Bertz CT molecular complexity index is 419. The van der Waals surface area contributed by atoms with E-state index in [1.54, 1.807) is 0 Å². The molecule has 1 saturated heterocycles. The van der Waals surface area contributed by atoms with Gasteiger partial charge >= 0.3 is 5.97 Å². The van der Waals surface area contributed by atoms with Gasteiger partial charge in [-0.3, -0.25) is 9.69 Å².